The molecule has 0 aliphatic heterocycles. The zero-order valence-electron chi connectivity index (χ0n) is 11.4. The third-order valence-electron chi connectivity index (χ3n) is 2.69. The molecular formula is C15H13F3N2OS. The first-order chi connectivity index (χ1) is 10.6. The highest BCUT2D eigenvalue weighted by Crippen LogP contribution is 2.31. The molecule has 2 N–H and O–H groups in total. The maximum absolute atomic E-state index is 13.4. The smallest absolute Gasteiger partial charge is 0.288 e. The molecule has 2 aromatic rings. The van der Waals surface area contributed by atoms with Gasteiger partial charge in [0.1, 0.15) is 5.82 Å². The summed E-state index contributed by atoms with van der Waals surface area (Å²) in [4.78, 5) is 12.1. The van der Waals surface area contributed by atoms with Gasteiger partial charge >= 0.3 is 0 Å². The standard InChI is InChI=1S/C15H13F3N2OS/c16-10-5-1-2-6-11(10)19-9-14(21)20-12-7-3-4-8-13(12)22-15(17)18/h1-8,15,19H,9H2,(H,20,21). The minimum atomic E-state index is -2.57. The van der Waals surface area contributed by atoms with Crippen LogP contribution in [0.5, 0.6) is 0 Å². The van der Waals surface area contributed by atoms with E-state index in [0.29, 0.717) is 17.4 Å². The third-order valence-corrected chi connectivity index (χ3v) is 3.48. The highest BCUT2D eigenvalue weighted by Gasteiger charge is 2.12. The molecule has 22 heavy (non-hydrogen) atoms. The molecule has 3 nitrogen and oxygen atoms in total. The van der Waals surface area contributed by atoms with Crippen molar-refractivity contribution >= 4 is 29.0 Å². The summed E-state index contributed by atoms with van der Waals surface area (Å²) in [5.41, 5.74) is 0.501. The third kappa shape index (κ3) is 4.70. The fourth-order valence-electron chi connectivity index (χ4n) is 1.74. The van der Waals surface area contributed by atoms with Gasteiger partial charge in [-0.05, 0) is 24.3 Å². The summed E-state index contributed by atoms with van der Waals surface area (Å²) in [5, 5.41) is 5.18. The molecule has 7 heteroatoms. The van der Waals surface area contributed by atoms with Gasteiger partial charge in [0.05, 0.1) is 17.9 Å². The highest BCUT2D eigenvalue weighted by atomic mass is 32.2. The lowest BCUT2D eigenvalue weighted by atomic mass is 10.3. The molecule has 0 heterocycles. The van der Waals surface area contributed by atoms with Gasteiger partial charge in [0.2, 0.25) is 5.91 Å². The molecule has 1 amide bonds. The summed E-state index contributed by atoms with van der Waals surface area (Å²) in [6.45, 7) is -0.172. The Bertz CT molecular complexity index is 652. The molecule has 116 valence electrons. The predicted octanol–water partition coefficient (Wildman–Crippen LogP) is 4.19. The van der Waals surface area contributed by atoms with Crippen LogP contribution >= 0.6 is 11.8 Å². The van der Waals surface area contributed by atoms with Gasteiger partial charge in [0.25, 0.3) is 5.76 Å². The van der Waals surface area contributed by atoms with Crippen molar-refractivity contribution in [2.45, 2.75) is 10.7 Å². The van der Waals surface area contributed by atoms with Crippen LogP contribution in [0.1, 0.15) is 0 Å². The number of amides is 1. The molecule has 0 spiro atoms. The van der Waals surface area contributed by atoms with Crippen LogP contribution < -0.4 is 10.6 Å². The normalized spacial score (nSPS) is 10.5. The molecule has 0 bridgehead atoms. The minimum Gasteiger partial charge on any atom is -0.374 e. The van der Waals surface area contributed by atoms with E-state index in [-0.39, 0.29) is 17.1 Å². The number of rotatable bonds is 6. The summed E-state index contributed by atoms with van der Waals surface area (Å²) in [6, 6.07) is 12.2. The Kier molecular flexibility index (Phi) is 5.71. The number of benzene rings is 2. The van der Waals surface area contributed by atoms with Crippen LogP contribution in [0.2, 0.25) is 0 Å². The van der Waals surface area contributed by atoms with Crippen LogP contribution in [-0.2, 0) is 4.79 Å². The van der Waals surface area contributed by atoms with Crippen molar-refractivity contribution in [2.24, 2.45) is 0 Å². The van der Waals surface area contributed by atoms with Crippen LogP contribution in [0.25, 0.3) is 0 Å². The molecule has 0 aromatic heterocycles. The molecule has 0 atom stereocenters. The number of para-hydroxylation sites is 2. The topological polar surface area (TPSA) is 41.1 Å². The van der Waals surface area contributed by atoms with Gasteiger partial charge in [0, 0.05) is 4.90 Å². The van der Waals surface area contributed by atoms with Gasteiger partial charge in [-0.15, -0.1) is 0 Å². The van der Waals surface area contributed by atoms with E-state index in [0.717, 1.165) is 0 Å². The van der Waals surface area contributed by atoms with Crippen LogP contribution in [0.3, 0.4) is 0 Å². The van der Waals surface area contributed by atoms with E-state index < -0.39 is 17.5 Å². The Labute approximate surface area is 129 Å². The Morgan fingerprint density at radius 2 is 1.68 bits per heavy atom. The monoisotopic (exact) mass is 326 g/mol. The van der Waals surface area contributed by atoms with E-state index in [1.165, 1.54) is 24.3 Å². The lowest BCUT2D eigenvalue weighted by Crippen LogP contribution is -2.22. The van der Waals surface area contributed by atoms with Gasteiger partial charge in [-0.2, -0.15) is 8.78 Å². The Hall–Kier alpha value is -2.15. The number of thioether (sulfide) groups is 1. The maximum atomic E-state index is 13.4. The number of carbonyl (C=O) groups is 1. The molecular weight excluding hydrogens is 313 g/mol. The fraction of sp³-hybridized carbons (Fsp3) is 0.133. The molecule has 0 radical (unpaired) electrons. The van der Waals surface area contributed by atoms with Crippen molar-refractivity contribution in [3.8, 4) is 0 Å². The molecule has 0 aliphatic rings. The Morgan fingerprint density at radius 1 is 1.05 bits per heavy atom. The van der Waals surface area contributed by atoms with Gasteiger partial charge in [0.15, 0.2) is 0 Å². The van der Waals surface area contributed by atoms with Crippen LogP contribution in [0.15, 0.2) is 53.4 Å². The van der Waals surface area contributed by atoms with E-state index in [4.69, 9.17) is 0 Å². The first-order valence-electron chi connectivity index (χ1n) is 6.38. The van der Waals surface area contributed by atoms with Crippen molar-refractivity contribution in [2.75, 3.05) is 17.2 Å². The number of anilines is 2. The van der Waals surface area contributed by atoms with Crippen molar-refractivity contribution < 1.29 is 18.0 Å². The maximum Gasteiger partial charge on any atom is 0.288 e. The number of carbonyl (C=O) groups excluding carboxylic acids is 1. The number of halogens is 3. The number of nitrogens with one attached hydrogen (secondary N) is 2. The highest BCUT2D eigenvalue weighted by molar-refractivity contribution is 7.99. The lowest BCUT2D eigenvalue weighted by Gasteiger charge is -2.11. The summed E-state index contributed by atoms with van der Waals surface area (Å²) >= 11 is 0.355. The van der Waals surface area contributed by atoms with Gasteiger partial charge in [-0.3, -0.25) is 4.79 Å². The van der Waals surface area contributed by atoms with E-state index in [2.05, 4.69) is 10.6 Å². The van der Waals surface area contributed by atoms with E-state index in [1.54, 1.807) is 24.3 Å². The van der Waals surface area contributed by atoms with E-state index in [1.807, 2.05) is 0 Å². The zero-order chi connectivity index (χ0) is 15.9. The van der Waals surface area contributed by atoms with Crippen LogP contribution in [-0.4, -0.2) is 18.2 Å². The number of hydrogen-bond acceptors (Lipinski definition) is 3. The van der Waals surface area contributed by atoms with Gasteiger partial charge in [-0.1, -0.05) is 36.0 Å². The van der Waals surface area contributed by atoms with Crippen LogP contribution in [0, 0.1) is 5.82 Å². The van der Waals surface area contributed by atoms with Crippen molar-refractivity contribution in [1.82, 2.24) is 0 Å². The second-order valence-corrected chi connectivity index (χ2v) is 5.29. The first kappa shape index (κ1) is 16.2. The van der Waals surface area contributed by atoms with Gasteiger partial charge < -0.3 is 10.6 Å². The Morgan fingerprint density at radius 3 is 2.36 bits per heavy atom. The van der Waals surface area contributed by atoms with Gasteiger partial charge in [-0.25, -0.2) is 4.39 Å². The SMILES string of the molecule is O=C(CNc1ccccc1F)Nc1ccccc1SC(F)F. The number of alkyl halides is 2. The van der Waals surface area contributed by atoms with Crippen molar-refractivity contribution in [1.29, 1.82) is 0 Å². The average molecular weight is 326 g/mol. The van der Waals surface area contributed by atoms with Crippen molar-refractivity contribution in [3.05, 3.63) is 54.3 Å². The average Bonchev–Trinajstić information content (AvgIpc) is 2.48. The molecule has 0 unspecified atom stereocenters. The molecule has 0 fully saturated rings. The summed E-state index contributed by atoms with van der Waals surface area (Å²) in [5.74, 6) is -3.50. The molecule has 2 rings (SSSR count). The molecule has 0 aliphatic carbocycles. The second kappa shape index (κ2) is 7.74. The largest absolute Gasteiger partial charge is 0.374 e. The van der Waals surface area contributed by atoms with E-state index in [9.17, 15) is 18.0 Å². The predicted molar refractivity (Wildman–Crippen MR) is 81.8 cm³/mol. The first-order valence-corrected chi connectivity index (χ1v) is 7.26. The fourth-order valence-corrected chi connectivity index (χ4v) is 2.34. The molecule has 0 saturated carbocycles. The number of hydrogen-bond donors (Lipinski definition) is 2. The van der Waals surface area contributed by atoms with E-state index >= 15 is 0 Å². The Balaban J connectivity index is 1.96. The molecule has 2 aromatic carbocycles. The zero-order valence-corrected chi connectivity index (χ0v) is 12.2. The summed E-state index contributed by atoms with van der Waals surface area (Å²) in [6.07, 6.45) is 0. The lowest BCUT2D eigenvalue weighted by molar-refractivity contribution is -0.114. The van der Waals surface area contributed by atoms with Crippen LogP contribution in [0.4, 0.5) is 24.5 Å². The van der Waals surface area contributed by atoms with Crippen molar-refractivity contribution in [3.63, 3.8) is 0 Å². The minimum absolute atomic E-state index is 0.172. The second-order valence-electron chi connectivity index (χ2n) is 4.26. The summed E-state index contributed by atoms with van der Waals surface area (Å²) < 4.78 is 38.3. The quantitative estimate of drug-likeness (QED) is 0.782. The summed E-state index contributed by atoms with van der Waals surface area (Å²) in [7, 11) is 0. The molecule has 0 saturated heterocycles.